The zero-order chi connectivity index (χ0) is 24.9. The van der Waals surface area contributed by atoms with Crippen LogP contribution in [0.3, 0.4) is 0 Å². The van der Waals surface area contributed by atoms with Crippen molar-refractivity contribution in [1.82, 2.24) is 4.90 Å². The van der Waals surface area contributed by atoms with Gasteiger partial charge in [0.25, 0.3) is 5.91 Å². The van der Waals surface area contributed by atoms with Crippen molar-refractivity contribution in [1.29, 1.82) is 0 Å². The van der Waals surface area contributed by atoms with Crippen molar-refractivity contribution in [2.75, 3.05) is 26.9 Å². The quantitative estimate of drug-likeness (QED) is 0.170. The standard InChI is InChI=1S/C28H33NO5/c1-6-17-34-22-14-10-20(11-15-22)25(30)23-24(19-8-12-21(13-9-19)28(2,3)4)29(16-7-18-33-5)27(32)26(23)31/h6,8-15,23-24H,1,7,16-18H2,2-5H3. The number of ketones is 2. The summed E-state index contributed by atoms with van der Waals surface area (Å²) in [6.45, 7) is 11.1. The fraction of sp³-hybridized carbons (Fsp3) is 0.393. The number of ether oxygens (including phenoxy) is 2. The molecule has 1 heterocycles. The number of carbonyl (C=O) groups excluding carboxylic acids is 3. The lowest BCUT2D eigenvalue weighted by Crippen LogP contribution is -2.32. The lowest BCUT2D eigenvalue weighted by Gasteiger charge is -2.28. The zero-order valence-corrected chi connectivity index (χ0v) is 20.4. The summed E-state index contributed by atoms with van der Waals surface area (Å²) in [5.41, 5.74) is 2.24. The third-order valence-corrected chi connectivity index (χ3v) is 6.06. The maximum atomic E-state index is 13.5. The SMILES string of the molecule is C=CCOc1ccc(C(=O)C2C(=O)C(=O)N(CCCOC)C2c2ccc(C(C)(C)C)cc2)cc1. The molecule has 2 unspecified atom stereocenters. The number of benzene rings is 2. The lowest BCUT2D eigenvalue weighted by molar-refractivity contribution is -0.140. The molecule has 1 saturated heterocycles. The van der Waals surface area contributed by atoms with Gasteiger partial charge in [-0.25, -0.2) is 0 Å². The van der Waals surface area contributed by atoms with Crippen LogP contribution in [0.5, 0.6) is 5.75 Å². The Morgan fingerprint density at radius 2 is 1.71 bits per heavy atom. The Kier molecular flexibility index (Phi) is 8.05. The number of rotatable bonds is 10. The summed E-state index contributed by atoms with van der Waals surface area (Å²) < 4.78 is 10.6. The first-order chi connectivity index (χ1) is 16.2. The molecule has 1 fully saturated rings. The molecule has 2 aromatic carbocycles. The highest BCUT2D eigenvalue weighted by Gasteiger charge is 2.51. The minimum absolute atomic E-state index is 0.0391. The normalized spacial score (nSPS) is 18.3. The predicted molar refractivity (Wildman–Crippen MR) is 131 cm³/mol. The zero-order valence-electron chi connectivity index (χ0n) is 20.4. The summed E-state index contributed by atoms with van der Waals surface area (Å²) in [7, 11) is 1.59. The number of nitrogens with zero attached hydrogens (tertiary/aromatic N) is 1. The second kappa shape index (κ2) is 10.8. The van der Waals surface area contributed by atoms with Crippen LogP contribution < -0.4 is 4.74 Å². The van der Waals surface area contributed by atoms with Crippen LogP contribution in [0.15, 0.2) is 61.2 Å². The molecule has 180 valence electrons. The lowest BCUT2D eigenvalue weighted by atomic mass is 9.83. The van der Waals surface area contributed by atoms with Gasteiger partial charge in [-0.3, -0.25) is 14.4 Å². The average Bonchev–Trinajstić information content (AvgIpc) is 3.07. The van der Waals surface area contributed by atoms with Gasteiger partial charge in [-0.1, -0.05) is 57.7 Å². The van der Waals surface area contributed by atoms with E-state index in [1.165, 1.54) is 4.90 Å². The third kappa shape index (κ3) is 5.45. The molecule has 34 heavy (non-hydrogen) atoms. The number of likely N-dealkylation sites (tertiary alicyclic amines) is 1. The van der Waals surface area contributed by atoms with E-state index in [1.54, 1.807) is 37.5 Å². The van der Waals surface area contributed by atoms with Gasteiger partial charge >= 0.3 is 0 Å². The van der Waals surface area contributed by atoms with Crippen LogP contribution in [0.1, 0.15) is 54.7 Å². The Balaban J connectivity index is 1.97. The van der Waals surface area contributed by atoms with Gasteiger partial charge in [0.05, 0.1) is 6.04 Å². The largest absolute Gasteiger partial charge is 0.490 e. The first-order valence-corrected chi connectivity index (χ1v) is 11.5. The van der Waals surface area contributed by atoms with E-state index in [-0.39, 0.29) is 11.2 Å². The van der Waals surface area contributed by atoms with Crippen LogP contribution in [-0.2, 0) is 19.7 Å². The van der Waals surface area contributed by atoms with E-state index < -0.39 is 23.7 Å². The van der Waals surface area contributed by atoms with Gasteiger partial charge in [-0.05, 0) is 47.2 Å². The fourth-order valence-electron chi connectivity index (χ4n) is 4.21. The highest BCUT2D eigenvalue weighted by molar-refractivity contribution is 6.44. The molecule has 1 aliphatic rings. The van der Waals surface area contributed by atoms with Crippen molar-refractivity contribution in [3.63, 3.8) is 0 Å². The number of hydrogen-bond acceptors (Lipinski definition) is 5. The molecule has 3 rings (SSSR count). The van der Waals surface area contributed by atoms with Gasteiger partial charge in [0.1, 0.15) is 18.3 Å². The molecular formula is C28H33NO5. The molecule has 1 amide bonds. The molecule has 0 N–H and O–H groups in total. The molecule has 2 aromatic rings. The Hall–Kier alpha value is -3.25. The molecule has 0 spiro atoms. The van der Waals surface area contributed by atoms with Crippen molar-refractivity contribution in [2.45, 2.75) is 38.6 Å². The van der Waals surface area contributed by atoms with Crippen LogP contribution in [-0.4, -0.2) is 49.2 Å². The topological polar surface area (TPSA) is 72.9 Å². The smallest absolute Gasteiger partial charge is 0.291 e. The van der Waals surface area contributed by atoms with Crippen LogP contribution in [0.2, 0.25) is 0 Å². The van der Waals surface area contributed by atoms with Crippen molar-refractivity contribution in [3.05, 3.63) is 77.9 Å². The molecule has 1 aliphatic heterocycles. The number of amides is 1. The maximum absolute atomic E-state index is 13.5. The Morgan fingerprint density at radius 1 is 1.06 bits per heavy atom. The van der Waals surface area contributed by atoms with Crippen molar-refractivity contribution in [2.24, 2.45) is 5.92 Å². The van der Waals surface area contributed by atoms with Crippen molar-refractivity contribution in [3.8, 4) is 5.75 Å². The molecule has 0 bridgehead atoms. The molecule has 2 atom stereocenters. The van der Waals surface area contributed by atoms with Crippen LogP contribution in [0.4, 0.5) is 0 Å². The van der Waals surface area contributed by atoms with Gasteiger partial charge < -0.3 is 14.4 Å². The van der Waals surface area contributed by atoms with Gasteiger partial charge in [0.15, 0.2) is 5.78 Å². The first-order valence-electron chi connectivity index (χ1n) is 11.5. The summed E-state index contributed by atoms with van der Waals surface area (Å²) in [6.07, 6.45) is 2.21. The van der Waals surface area contributed by atoms with E-state index >= 15 is 0 Å². The van der Waals surface area contributed by atoms with E-state index in [0.717, 1.165) is 11.1 Å². The van der Waals surface area contributed by atoms with E-state index in [2.05, 4.69) is 27.4 Å². The van der Waals surface area contributed by atoms with Gasteiger partial charge in [0.2, 0.25) is 5.78 Å². The predicted octanol–water partition coefficient (Wildman–Crippen LogP) is 4.54. The molecule has 0 radical (unpaired) electrons. The highest BCUT2D eigenvalue weighted by Crippen LogP contribution is 2.39. The molecule has 0 aromatic heterocycles. The van der Waals surface area contributed by atoms with E-state index in [9.17, 15) is 14.4 Å². The minimum atomic E-state index is -1.10. The third-order valence-electron chi connectivity index (χ3n) is 6.06. The first kappa shape index (κ1) is 25.4. The second-order valence-corrected chi connectivity index (χ2v) is 9.49. The minimum Gasteiger partial charge on any atom is -0.490 e. The summed E-state index contributed by atoms with van der Waals surface area (Å²) in [5, 5.41) is 0. The summed E-state index contributed by atoms with van der Waals surface area (Å²) in [5.74, 6) is -2.16. The molecule has 6 heteroatoms. The van der Waals surface area contributed by atoms with Crippen LogP contribution in [0.25, 0.3) is 0 Å². The maximum Gasteiger partial charge on any atom is 0.291 e. The second-order valence-electron chi connectivity index (χ2n) is 9.49. The highest BCUT2D eigenvalue weighted by atomic mass is 16.5. The molecule has 0 aliphatic carbocycles. The monoisotopic (exact) mass is 463 g/mol. The molecular weight excluding hydrogens is 430 g/mol. The molecule has 0 saturated carbocycles. The van der Waals surface area contributed by atoms with E-state index in [4.69, 9.17) is 9.47 Å². The van der Waals surface area contributed by atoms with Gasteiger partial charge in [-0.2, -0.15) is 0 Å². The Morgan fingerprint density at radius 3 is 2.26 bits per heavy atom. The van der Waals surface area contributed by atoms with Crippen LogP contribution in [0, 0.1) is 5.92 Å². The Bertz CT molecular complexity index is 1030. The number of Topliss-reactive ketones (excluding diaryl/α,β-unsaturated/α-hetero) is 2. The van der Waals surface area contributed by atoms with E-state index in [0.29, 0.717) is 37.5 Å². The number of carbonyl (C=O) groups is 3. The van der Waals surface area contributed by atoms with Crippen molar-refractivity contribution < 1.29 is 23.9 Å². The average molecular weight is 464 g/mol. The van der Waals surface area contributed by atoms with E-state index in [1.807, 2.05) is 24.3 Å². The number of hydrogen-bond donors (Lipinski definition) is 0. The molecule has 6 nitrogen and oxygen atoms in total. The summed E-state index contributed by atoms with van der Waals surface area (Å²) in [6, 6.07) is 13.8. The Labute approximate surface area is 201 Å². The van der Waals surface area contributed by atoms with Crippen LogP contribution >= 0.6 is 0 Å². The summed E-state index contributed by atoms with van der Waals surface area (Å²) >= 11 is 0. The van der Waals surface area contributed by atoms with Crippen molar-refractivity contribution >= 4 is 17.5 Å². The van der Waals surface area contributed by atoms with Gasteiger partial charge in [0, 0.05) is 25.8 Å². The fourth-order valence-corrected chi connectivity index (χ4v) is 4.21. The summed E-state index contributed by atoms with van der Waals surface area (Å²) in [4.78, 5) is 41.1. The number of methoxy groups -OCH3 is 1. The van der Waals surface area contributed by atoms with Gasteiger partial charge in [-0.15, -0.1) is 0 Å².